The summed E-state index contributed by atoms with van der Waals surface area (Å²) in [6.45, 7) is 6.54. The Kier molecular flexibility index (Phi) is 7.21. The summed E-state index contributed by atoms with van der Waals surface area (Å²) in [7, 11) is 1.96. The van der Waals surface area contributed by atoms with Gasteiger partial charge in [-0.2, -0.15) is 0 Å². The van der Waals surface area contributed by atoms with Gasteiger partial charge in [0.2, 0.25) is 5.91 Å². The Morgan fingerprint density at radius 1 is 1.12 bits per heavy atom. The number of fused-ring (bicyclic) bond motifs is 1. The highest BCUT2D eigenvalue weighted by Crippen LogP contribution is 2.29. The van der Waals surface area contributed by atoms with Gasteiger partial charge in [0, 0.05) is 43.1 Å². The van der Waals surface area contributed by atoms with Crippen LogP contribution in [0.3, 0.4) is 0 Å². The smallest absolute Gasteiger partial charge is 0.319 e. The first-order valence-corrected chi connectivity index (χ1v) is 12.2. The first-order valence-electron chi connectivity index (χ1n) is 11.8. The quantitative estimate of drug-likeness (QED) is 0.642. The molecule has 4 rings (SSSR count). The Labute approximate surface area is 205 Å². The average Bonchev–Trinajstić information content (AvgIpc) is 3.31. The minimum absolute atomic E-state index is 0.0730. The monoisotopic (exact) mass is 488 g/mol. The molecule has 1 aromatic rings. The van der Waals surface area contributed by atoms with Crippen LogP contribution < -0.4 is 10.6 Å². The van der Waals surface area contributed by atoms with Gasteiger partial charge in [0.1, 0.15) is 11.7 Å². The molecule has 0 aromatic heterocycles. The first kappa shape index (κ1) is 24.2. The van der Waals surface area contributed by atoms with Crippen molar-refractivity contribution in [3.8, 4) is 0 Å². The molecular formula is C24H33ClN6O3. The SMILES string of the molecule is CC(C)C[C@@H](NC(=O)Nc1ccc(Cl)cc1)C(=O)N1CCC(N2CN3CN(C)C=C3C2=O)CC1. The molecule has 2 saturated heterocycles. The van der Waals surface area contributed by atoms with E-state index in [9.17, 15) is 14.4 Å². The minimum Gasteiger partial charge on any atom is -0.361 e. The van der Waals surface area contributed by atoms with Gasteiger partial charge < -0.3 is 30.2 Å². The standard InChI is InChI=1S/C24H33ClN6O3/c1-16(2)12-20(27-24(34)26-18-6-4-17(25)5-7-18)22(32)29-10-8-19(9-11-29)31-15-30-14-28(3)13-21(30)23(31)33/h4-7,13,16,19-20H,8-12,14-15H2,1-3H3,(H2,26,27,34)/t20-/m1/s1. The maximum Gasteiger partial charge on any atom is 0.319 e. The fourth-order valence-corrected chi connectivity index (χ4v) is 4.96. The summed E-state index contributed by atoms with van der Waals surface area (Å²) in [6.07, 6.45) is 3.92. The normalized spacial score (nSPS) is 19.4. The van der Waals surface area contributed by atoms with E-state index in [1.54, 1.807) is 24.3 Å². The fourth-order valence-electron chi connectivity index (χ4n) is 4.83. The Morgan fingerprint density at radius 2 is 1.79 bits per heavy atom. The molecule has 1 aromatic carbocycles. The van der Waals surface area contributed by atoms with Crippen molar-refractivity contribution in [3.63, 3.8) is 0 Å². The largest absolute Gasteiger partial charge is 0.361 e. The molecule has 0 spiro atoms. The number of carbonyl (C=O) groups is 3. The number of benzene rings is 1. The van der Waals surface area contributed by atoms with E-state index in [-0.39, 0.29) is 23.8 Å². The summed E-state index contributed by atoms with van der Waals surface area (Å²) < 4.78 is 0. The van der Waals surface area contributed by atoms with Crippen molar-refractivity contribution >= 4 is 35.1 Å². The van der Waals surface area contributed by atoms with E-state index in [0.29, 0.717) is 36.9 Å². The summed E-state index contributed by atoms with van der Waals surface area (Å²) in [5.41, 5.74) is 1.37. The Balaban J connectivity index is 1.32. The number of urea groups is 1. The topological polar surface area (TPSA) is 88.2 Å². The number of rotatable bonds is 6. The number of amides is 4. The summed E-state index contributed by atoms with van der Waals surface area (Å²) in [5, 5.41) is 6.21. The molecule has 0 unspecified atom stereocenters. The number of hydrogen-bond donors (Lipinski definition) is 2. The third kappa shape index (κ3) is 5.41. The van der Waals surface area contributed by atoms with Crippen molar-refractivity contribution in [1.82, 2.24) is 24.9 Å². The first-order chi connectivity index (χ1) is 16.2. The van der Waals surface area contributed by atoms with Crippen LogP contribution in [-0.2, 0) is 9.59 Å². The van der Waals surface area contributed by atoms with Crippen LogP contribution >= 0.6 is 11.6 Å². The van der Waals surface area contributed by atoms with Gasteiger partial charge in [-0.25, -0.2) is 4.79 Å². The summed E-state index contributed by atoms with van der Waals surface area (Å²) in [4.78, 5) is 46.6. The number of piperidine rings is 1. The summed E-state index contributed by atoms with van der Waals surface area (Å²) >= 11 is 5.90. The van der Waals surface area contributed by atoms with Gasteiger partial charge in [0.15, 0.2) is 0 Å². The molecule has 3 aliphatic rings. The zero-order valence-electron chi connectivity index (χ0n) is 20.0. The summed E-state index contributed by atoms with van der Waals surface area (Å²) in [5.74, 6) is 0.243. The van der Waals surface area contributed by atoms with Crippen molar-refractivity contribution in [2.45, 2.75) is 45.2 Å². The lowest BCUT2D eigenvalue weighted by atomic mass is 9.99. The lowest BCUT2D eigenvalue weighted by Gasteiger charge is -2.38. The highest BCUT2D eigenvalue weighted by Gasteiger charge is 2.41. The Bertz CT molecular complexity index is 958. The molecule has 2 N–H and O–H groups in total. The second-order valence-electron chi connectivity index (χ2n) is 9.71. The van der Waals surface area contributed by atoms with E-state index in [4.69, 9.17) is 11.6 Å². The predicted molar refractivity (Wildman–Crippen MR) is 131 cm³/mol. The van der Waals surface area contributed by atoms with Gasteiger partial charge in [-0.05, 0) is 49.4 Å². The van der Waals surface area contributed by atoms with Crippen LogP contribution in [0.15, 0.2) is 36.2 Å². The number of carbonyl (C=O) groups excluding carboxylic acids is 3. The average molecular weight is 489 g/mol. The number of halogens is 1. The second kappa shape index (κ2) is 10.1. The van der Waals surface area contributed by atoms with E-state index in [1.807, 2.05) is 41.8 Å². The van der Waals surface area contributed by atoms with Gasteiger partial charge in [-0.3, -0.25) is 9.59 Å². The van der Waals surface area contributed by atoms with Crippen LogP contribution in [0.2, 0.25) is 5.02 Å². The predicted octanol–water partition coefficient (Wildman–Crippen LogP) is 2.71. The number of likely N-dealkylation sites (tertiary alicyclic amines) is 1. The van der Waals surface area contributed by atoms with E-state index >= 15 is 0 Å². The molecule has 9 nitrogen and oxygen atoms in total. The number of nitrogens with zero attached hydrogens (tertiary/aromatic N) is 4. The van der Waals surface area contributed by atoms with Crippen molar-refractivity contribution in [2.75, 3.05) is 38.8 Å². The summed E-state index contributed by atoms with van der Waals surface area (Å²) in [6, 6.07) is 5.92. The molecule has 2 fully saturated rings. The Morgan fingerprint density at radius 3 is 2.41 bits per heavy atom. The molecule has 0 saturated carbocycles. The van der Waals surface area contributed by atoms with E-state index < -0.39 is 12.1 Å². The van der Waals surface area contributed by atoms with Gasteiger partial charge >= 0.3 is 6.03 Å². The molecule has 0 radical (unpaired) electrons. The molecule has 0 aliphatic carbocycles. The van der Waals surface area contributed by atoms with Gasteiger partial charge in [0.25, 0.3) is 5.91 Å². The molecule has 184 valence electrons. The zero-order chi connectivity index (χ0) is 24.4. The third-order valence-electron chi connectivity index (χ3n) is 6.51. The second-order valence-corrected chi connectivity index (χ2v) is 10.1. The highest BCUT2D eigenvalue weighted by molar-refractivity contribution is 6.30. The molecular weight excluding hydrogens is 456 g/mol. The van der Waals surface area contributed by atoms with Gasteiger partial charge in [0.05, 0.1) is 13.3 Å². The fraction of sp³-hybridized carbons (Fsp3) is 0.542. The van der Waals surface area contributed by atoms with E-state index in [2.05, 4.69) is 15.5 Å². The number of hydrogen-bond acceptors (Lipinski definition) is 5. The lowest BCUT2D eigenvalue weighted by Crippen LogP contribution is -2.54. The van der Waals surface area contributed by atoms with E-state index in [1.165, 1.54) is 0 Å². The van der Waals surface area contributed by atoms with Crippen molar-refractivity contribution in [1.29, 1.82) is 0 Å². The molecule has 3 aliphatic heterocycles. The van der Waals surface area contributed by atoms with Crippen LogP contribution in [0.5, 0.6) is 0 Å². The zero-order valence-corrected chi connectivity index (χ0v) is 20.7. The molecule has 1 atom stereocenters. The van der Waals surface area contributed by atoms with Crippen LogP contribution in [0.1, 0.15) is 33.1 Å². The van der Waals surface area contributed by atoms with Crippen LogP contribution in [0.4, 0.5) is 10.5 Å². The van der Waals surface area contributed by atoms with Crippen LogP contribution in [0.25, 0.3) is 0 Å². The minimum atomic E-state index is -0.608. The van der Waals surface area contributed by atoms with Crippen molar-refractivity contribution in [2.24, 2.45) is 5.92 Å². The Hall–Kier alpha value is -2.94. The van der Waals surface area contributed by atoms with E-state index in [0.717, 1.165) is 25.2 Å². The van der Waals surface area contributed by atoms with Crippen molar-refractivity contribution in [3.05, 3.63) is 41.2 Å². The van der Waals surface area contributed by atoms with Crippen molar-refractivity contribution < 1.29 is 14.4 Å². The van der Waals surface area contributed by atoms with Crippen LogP contribution in [0, 0.1) is 5.92 Å². The molecule has 3 heterocycles. The van der Waals surface area contributed by atoms with Gasteiger partial charge in [-0.15, -0.1) is 0 Å². The molecule has 4 amide bonds. The molecule has 34 heavy (non-hydrogen) atoms. The number of nitrogens with one attached hydrogen (secondary N) is 2. The maximum absolute atomic E-state index is 13.3. The highest BCUT2D eigenvalue weighted by atomic mass is 35.5. The number of anilines is 1. The third-order valence-corrected chi connectivity index (χ3v) is 6.76. The molecule has 0 bridgehead atoms. The van der Waals surface area contributed by atoms with Gasteiger partial charge in [-0.1, -0.05) is 25.4 Å². The lowest BCUT2D eigenvalue weighted by molar-refractivity contribution is -0.136. The molecule has 10 heteroatoms. The maximum atomic E-state index is 13.3. The van der Waals surface area contributed by atoms with Crippen LogP contribution in [-0.4, -0.2) is 83.0 Å².